The lowest BCUT2D eigenvalue weighted by Crippen LogP contribution is -2.54. The maximum Gasteiger partial charge on any atom is 0.408 e. The average Bonchev–Trinajstić information content (AvgIpc) is 2.59. The topological polar surface area (TPSA) is 112 Å². The summed E-state index contributed by atoms with van der Waals surface area (Å²) in [5.74, 6) is -0.961. The van der Waals surface area contributed by atoms with Crippen LogP contribution in [0.1, 0.15) is 71.2 Å². The smallest absolute Gasteiger partial charge is 0.408 e. The second-order valence-electron chi connectivity index (χ2n) is 9.94. The van der Waals surface area contributed by atoms with E-state index in [1.807, 2.05) is 58.9 Å². The summed E-state index contributed by atoms with van der Waals surface area (Å²) in [7, 11) is 0. The first kappa shape index (κ1) is 27.0. The van der Waals surface area contributed by atoms with Crippen molar-refractivity contribution in [1.82, 2.24) is 15.5 Å². The lowest BCUT2D eigenvalue weighted by Gasteiger charge is -2.35. The Morgan fingerprint density at radius 1 is 1.09 bits per heavy atom. The largest absolute Gasteiger partial charge is 0.444 e. The predicted molar refractivity (Wildman–Crippen MR) is 123 cm³/mol. The van der Waals surface area contributed by atoms with E-state index in [1.54, 1.807) is 20.8 Å². The van der Waals surface area contributed by atoms with E-state index in [-0.39, 0.29) is 6.54 Å². The van der Waals surface area contributed by atoms with Crippen molar-refractivity contribution in [3.05, 3.63) is 34.9 Å². The van der Waals surface area contributed by atoms with Gasteiger partial charge in [0, 0.05) is 5.54 Å². The number of hydrogen-bond donors (Lipinski definition) is 2. The fourth-order valence-electron chi connectivity index (χ4n) is 3.29. The van der Waals surface area contributed by atoms with Crippen LogP contribution in [0.4, 0.5) is 4.79 Å². The number of rotatable bonds is 6. The van der Waals surface area contributed by atoms with Crippen LogP contribution >= 0.6 is 0 Å². The number of carbonyl (C=O) groups excluding carboxylic acids is 3. The molecule has 1 rings (SSSR count). The van der Waals surface area contributed by atoms with Crippen molar-refractivity contribution in [2.45, 2.75) is 85.5 Å². The molecule has 8 heteroatoms. The van der Waals surface area contributed by atoms with Crippen LogP contribution < -0.4 is 10.6 Å². The summed E-state index contributed by atoms with van der Waals surface area (Å²) in [5.41, 5.74) is 1.02. The first-order valence-corrected chi connectivity index (χ1v) is 10.6. The van der Waals surface area contributed by atoms with Gasteiger partial charge in [0.15, 0.2) is 0 Å². The lowest BCUT2D eigenvalue weighted by atomic mass is 9.93. The highest BCUT2D eigenvalue weighted by Gasteiger charge is 2.37. The molecule has 0 aliphatic rings. The van der Waals surface area contributed by atoms with Crippen LogP contribution in [0.15, 0.2) is 18.2 Å². The summed E-state index contributed by atoms with van der Waals surface area (Å²) in [6.45, 7) is 15.6. The predicted octanol–water partition coefficient (Wildman–Crippen LogP) is 3.52. The van der Waals surface area contributed by atoms with Gasteiger partial charge in [0.2, 0.25) is 11.8 Å². The Bertz CT molecular complexity index is 870. The molecule has 2 N–H and O–H groups in total. The molecule has 0 saturated carbocycles. The Labute approximate surface area is 191 Å². The molecule has 0 bridgehead atoms. The van der Waals surface area contributed by atoms with Crippen LogP contribution in [0.2, 0.25) is 0 Å². The highest BCUT2D eigenvalue weighted by molar-refractivity contribution is 5.92. The molecule has 0 radical (unpaired) electrons. The molecule has 0 aliphatic heterocycles. The average molecular weight is 445 g/mol. The zero-order valence-electron chi connectivity index (χ0n) is 20.6. The number of benzene rings is 1. The van der Waals surface area contributed by atoms with Crippen LogP contribution in [0, 0.1) is 25.2 Å². The van der Waals surface area contributed by atoms with E-state index in [4.69, 9.17) is 4.74 Å². The molecule has 0 spiro atoms. The highest BCUT2D eigenvalue weighted by Crippen LogP contribution is 2.29. The second-order valence-corrected chi connectivity index (χ2v) is 9.94. The van der Waals surface area contributed by atoms with Gasteiger partial charge in [0.05, 0.1) is 6.07 Å². The maximum atomic E-state index is 13.4. The van der Waals surface area contributed by atoms with E-state index in [0.717, 1.165) is 11.1 Å². The third-order valence-electron chi connectivity index (χ3n) is 4.50. The molecular weight excluding hydrogens is 408 g/mol. The monoisotopic (exact) mass is 444 g/mol. The summed E-state index contributed by atoms with van der Waals surface area (Å²) in [6.07, 6.45) is -0.752. The Balaban J connectivity index is 3.41. The summed E-state index contributed by atoms with van der Waals surface area (Å²) in [6, 6.07) is 5.53. The van der Waals surface area contributed by atoms with Crippen molar-refractivity contribution in [3.8, 4) is 6.07 Å². The third kappa shape index (κ3) is 7.88. The molecule has 32 heavy (non-hydrogen) atoms. The van der Waals surface area contributed by atoms with Crippen LogP contribution in [-0.4, -0.2) is 46.5 Å². The fraction of sp³-hybridized carbons (Fsp3) is 0.583. The van der Waals surface area contributed by atoms with Gasteiger partial charge in [-0.3, -0.25) is 9.59 Å². The second kappa shape index (κ2) is 10.5. The molecule has 176 valence electrons. The first-order chi connectivity index (χ1) is 14.6. The summed E-state index contributed by atoms with van der Waals surface area (Å²) < 4.78 is 5.23. The Morgan fingerprint density at radius 3 is 2.06 bits per heavy atom. The van der Waals surface area contributed by atoms with Crippen LogP contribution in [-0.2, 0) is 14.3 Å². The van der Waals surface area contributed by atoms with Crippen molar-refractivity contribution >= 4 is 17.9 Å². The number of hydrogen-bond acceptors (Lipinski definition) is 5. The minimum atomic E-state index is -1.04. The summed E-state index contributed by atoms with van der Waals surface area (Å²) >= 11 is 0. The van der Waals surface area contributed by atoms with Crippen molar-refractivity contribution in [3.63, 3.8) is 0 Å². The Hall–Kier alpha value is -3.08. The molecule has 0 saturated heterocycles. The molecule has 2 atom stereocenters. The summed E-state index contributed by atoms with van der Waals surface area (Å²) in [4.78, 5) is 40.1. The van der Waals surface area contributed by atoms with Crippen LogP contribution in [0.5, 0.6) is 0 Å². The van der Waals surface area contributed by atoms with Gasteiger partial charge < -0.3 is 20.3 Å². The van der Waals surface area contributed by atoms with Crippen molar-refractivity contribution in [1.29, 1.82) is 5.26 Å². The normalized spacial score (nSPS) is 13.4. The van der Waals surface area contributed by atoms with Gasteiger partial charge >= 0.3 is 6.09 Å². The van der Waals surface area contributed by atoms with E-state index in [2.05, 4.69) is 10.6 Å². The van der Waals surface area contributed by atoms with Gasteiger partial charge in [-0.25, -0.2) is 4.79 Å². The van der Waals surface area contributed by atoms with Gasteiger partial charge in [-0.2, -0.15) is 5.26 Å². The zero-order valence-corrected chi connectivity index (χ0v) is 20.6. The third-order valence-corrected chi connectivity index (χ3v) is 4.50. The number of ether oxygens (including phenoxy) is 1. The molecular formula is C24H36N4O4. The molecule has 0 fully saturated rings. The van der Waals surface area contributed by atoms with E-state index in [0.29, 0.717) is 5.56 Å². The molecule has 1 aromatic rings. The molecule has 0 aliphatic carbocycles. The minimum Gasteiger partial charge on any atom is -0.444 e. The van der Waals surface area contributed by atoms with Gasteiger partial charge in [0.25, 0.3) is 0 Å². The van der Waals surface area contributed by atoms with Gasteiger partial charge in [-0.15, -0.1) is 0 Å². The van der Waals surface area contributed by atoms with E-state index >= 15 is 0 Å². The number of nitriles is 1. The maximum absolute atomic E-state index is 13.4. The highest BCUT2D eigenvalue weighted by atomic mass is 16.6. The molecule has 8 nitrogen and oxygen atoms in total. The molecule has 1 aromatic carbocycles. The van der Waals surface area contributed by atoms with Gasteiger partial charge in [-0.05, 0) is 79.0 Å². The van der Waals surface area contributed by atoms with Crippen LogP contribution in [0.3, 0.4) is 0 Å². The Morgan fingerprint density at radius 2 is 1.62 bits per heavy atom. The number of alkyl carbamates (subject to hydrolysis) is 1. The molecule has 0 aromatic heterocycles. The standard InChI is InChI=1S/C24H36N4O4/c1-15-11-10-12-16(2)18(15)19(20(29)27-23(4,5)6)28(14-13-25)21(30)17(3)26-22(31)32-24(7,8)9/h10-12,17,19H,14H2,1-9H3,(H,26,31)(H,27,29). The number of aryl methyl sites for hydroxylation is 2. The number of nitrogens with one attached hydrogen (secondary N) is 2. The van der Waals surface area contributed by atoms with Crippen molar-refractivity contribution < 1.29 is 19.1 Å². The van der Waals surface area contributed by atoms with Gasteiger partial charge in [0.1, 0.15) is 24.2 Å². The molecule has 3 amide bonds. The van der Waals surface area contributed by atoms with Crippen molar-refractivity contribution in [2.24, 2.45) is 0 Å². The van der Waals surface area contributed by atoms with E-state index < -0.39 is 41.1 Å². The SMILES string of the molecule is Cc1cccc(C)c1C(C(=O)NC(C)(C)C)N(CC#N)C(=O)C(C)NC(=O)OC(C)(C)C. The van der Waals surface area contributed by atoms with E-state index in [9.17, 15) is 19.6 Å². The number of nitrogens with zero attached hydrogens (tertiary/aromatic N) is 2. The fourth-order valence-corrected chi connectivity index (χ4v) is 3.29. The van der Waals surface area contributed by atoms with Gasteiger partial charge in [-0.1, -0.05) is 18.2 Å². The number of amides is 3. The van der Waals surface area contributed by atoms with Crippen molar-refractivity contribution in [2.75, 3.05) is 6.54 Å². The molecule has 0 heterocycles. The van der Waals surface area contributed by atoms with E-state index in [1.165, 1.54) is 11.8 Å². The first-order valence-electron chi connectivity index (χ1n) is 10.6. The zero-order chi connectivity index (χ0) is 24.9. The summed E-state index contributed by atoms with van der Waals surface area (Å²) in [5, 5.41) is 14.9. The van der Waals surface area contributed by atoms with Crippen LogP contribution in [0.25, 0.3) is 0 Å². The molecule has 2 unspecified atom stereocenters. The lowest BCUT2D eigenvalue weighted by molar-refractivity contribution is -0.142. The Kier molecular flexibility index (Phi) is 8.84. The quantitative estimate of drug-likeness (QED) is 0.652. The number of carbonyl (C=O) groups is 3. The minimum absolute atomic E-state index is 0.324.